The Morgan fingerprint density at radius 3 is 2.46 bits per heavy atom. The summed E-state index contributed by atoms with van der Waals surface area (Å²) in [6.07, 6.45) is 4.53. The van der Waals surface area contributed by atoms with E-state index >= 15 is 0 Å². The molecule has 0 bridgehead atoms. The number of nitro groups is 1. The maximum Gasteiger partial charge on any atom is 0.269 e. The standard InChI is InChI=1S/C19H25N7O2/c1-2-8-20-19(23-15-16-4-6-17(7-5-16)26(27)28)25-13-11-24(12-14-25)18-21-9-3-10-22-18/h3-7,9-10H,2,8,11-15H2,1H3,(H,20,23). The van der Waals surface area contributed by atoms with Crippen molar-refractivity contribution >= 4 is 17.6 Å². The van der Waals surface area contributed by atoms with Crippen molar-refractivity contribution in [2.24, 2.45) is 4.99 Å². The molecule has 1 N–H and O–H groups in total. The Balaban J connectivity index is 1.63. The van der Waals surface area contributed by atoms with Gasteiger partial charge in [-0.2, -0.15) is 0 Å². The van der Waals surface area contributed by atoms with Gasteiger partial charge in [0.2, 0.25) is 5.95 Å². The Bertz CT molecular complexity index is 788. The molecule has 0 unspecified atom stereocenters. The zero-order valence-electron chi connectivity index (χ0n) is 16.0. The van der Waals surface area contributed by atoms with Crippen LogP contribution in [0.25, 0.3) is 0 Å². The van der Waals surface area contributed by atoms with Crippen molar-refractivity contribution in [2.45, 2.75) is 19.9 Å². The topological polar surface area (TPSA) is 99.8 Å². The molecule has 1 saturated heterocycles. The molecule has 1 aromatic carbocycles. The van der Waals surface area contributed by atoms with E-state index in [4.69, 9.17) is 4.99 Å². The summed E-state index contributed by atoms with van der Waals surface area (Å²) in [7, 11) is 0. The van der Waals surface area contributed by atoms with Gasteiger partial charge >= 0.3 is 0 Å². The molecule has 0 atom stereocenters. The smallest absolute Gasteiger partial charge is 0.269 e. The third kappa shape index (κ3) is 5.15. The van der Waals surface area contributed by atoms with E-state index in [1.165, 1.54) is 12.1 Å². The van der Waals surface area contributed by atoms with Gasteiger partial charge in [0.25, 0.3) is 5.69 Å². The van der Waals surface area contributed by atoms with Crippen LogP contribution in [0.3, 0.4) is 0 Å². The van der Waals surface area contributed by atoms with Gasteiger partial charge in [0.05, 0.1) is 11.5 Å². The lowest BCUT2D eigenvalue weighted by Gasteiger charge is -2.36. The fourth-order valence-electron chi connectivity index (χ4n) is 2.97. The Morgan fingerprint density at radius 2 is 1.86 bits per heavy atom. The second kappa shape index (κ2) is 9.63. The lowest BCUT2D eigenvalue weighted by Crippen LogP contribution is -2.53. The van der Waals surface area contributed by atoms with Gasteiger partial charge in [0.1, 0.15) is 0 Å². The number of nitrogens with zero attached hydrogens (tertiary/aromatic N) is 6. The second-order valence-electron chi connectivity index (χ2n) is 6.51. The molecule has 1 fully saturated rings. The van der Waals surface area contributed by atoms with Crippen molar-refractivity contribution in [3.8, 4) is 0 Å². The zero-order valence-corrected chi connectivity index (χ0v) is 16.0. The van der Waals surface area contributed by atoms with E-state index in [1.54, 1.807) is 24.5 Å². The summed E-state index contributed by atoms with van der Waals surface area (Å²) in [6, 6.07) is 8.36. The van der Waals surface area contributed by atoms with Gasteiger partial charge in [-0.25, -0.2) is 15.0 Å². The summed E-state index contributed by atoms with van der Waals surface area (Å²) in [5.74, 6) is 1.63. The van der Waals surface area contributed by atoms with E-state index in [9.17, 15) is 10.1 Å². The van der Waals surface area contributed by atoms with Gasteiger partial charge in [-0.1, -0.05) is 19.1 Å². The monoisotopic (exact) mass is 383 g/mol. The first-order valence-electron chi connectivity index (χ1n) is 9.46. The minimum atomic E-state index is -0.392. The van der Waals surface area contributed by atoms with Gasteiger partial charge in [-0.05, 0) is 18.1 Å². The highest BCUT2D eigenvalue weighted by molar-refractivity contribution is 5.80. The number of nitro benzene ring substituents is 1. The van der Waals surface area contributed by atoms with Crippen LogP contribution in [0.15, 0.2) is 47.7 Å². The maximum atomic E-state index is 10.8. The second-order valence-corrected chi connectivity index (χ2v) is 6.51. The lowest BCUT2D eigenvalue weighted by molar-refractivity contribution is -0.384. The molecule has 9 nitrogen and oxygen atoms in total. The van der Waals surface area contributed by atoms with E-state index in [-0.39, 0.29) is 5.69 Å². The molecule has 0 spiro atoms. The average Bonchev–Trinajstić information content (AvgIpc) is 2.75. The van der Waals surface area contributed by atoms with E-state index < -0.39 is 4.92 Å². The summed E-state index contributed by atoms with van der Waals surface area (Å²) in [5.41, 5.74) is 1.04. The number of hydrogen-bond donors (Lipinski definition) is 1. The molecule has 1 aliphatic rings. The van der Waals surface area contributed by atoms with Crippen LogP contribution in [-0.2, 0) is 6.54 Å². The normalized spacial score (nSPS) is 14.8. The number of aliphatic imine (C=N–C) groups is 1. The Kier molecular flexibility index (Phi) is 6.72. The zero-order chi connectivity index (χ0) is 19.8. The van der Waals surface area contributed by atoms with Crippen molar-refractivity contribution in [3.63, 3.8) is 0 Å². The molecule has 1 aromatic heterocycles. The third-order valence-corrected chi connectivity index (χ3v) is 4.51. The molecule has 28 heavy (non-hydrogen) atoms. The van der Waals surface area contributed by atoms with Crippen LogP contribution in [0, 0.1) is 10.1 Å². The van der Waals surface area contributed by atoms with E-state index in [0.29, 0.717) is 6.54 Å². The first-order valence-corrected chi connectivity index (χ1v) is 9.46. The van der Waals surface area contributed by atoms with Crippen molar-refractivity contribution in [1.82, 2.24) is 20.2 Å². The Hall–Kier alpha value is -3.23. The van der Waals surface area contributed by atoms with Crippen molar-refractivity contribution in [3.05, 3.63) is 58.4 Å². The first-order chi connectivity index (χ1) is 13.7. The van der Waals surface area contributed by atoms with Gasteiger partial charge in [0, 0.05) is 57.3 Å². The minimum absolute atomic E-state index is 0.0938. The van der Waals surface area contributed by atoms with Crippen molar-refractivity contribution < 1.29 is 4.92 Å². The van der Waals surface area contributed by atoms with Gasteiger partial charge < -0.3 is 15.1 Å². The molecule has 2 aromatic rings. The molecule has 0 saturated carbocycles. The number of anilines is 1. The molecule has 3 rings (SSSR count). The summed E-state index contributed by atoms with van der Waals surface area (Å²) in [4.78, 5) is 28.2. The number of hydrogen-bond acceptors (Lipinski definition) is 6. The van der Waals surface area contributed by atoms with Gasteiger partial charge in [-0.15, -0.1) is 0 Å². The highest BCUT2D eigenvalue weighted by atomic mass is 16.6. The predicted octanol–water partition coefficient (Wildman–Crippen LogP) is 2.06. The van der Waals surface area contributed by atoms with Crippen molar-refractivity contribution in [1.29, 1.82) is 0 Å². The third-order valence-electron chi connectivity index (χ3n) is 4.51. The molecule has 0 aliphatic carbocycles. The molecular formula is C19H25N7O2. The molecule has 0 amide bonds. The summed E-state index contributed by atoms with van der Waals surface area (Å²) >= 11 is 0. The summed E-state index contributed by atoms with van der Waals surface area (Å²) in [6.45, 7) is 6.75. The molecule has 9 heteroatoms. The number of non-ortho nitro benzene ring substituents is 1. The number of piperazine rings is 1. The van der Waals surface area contributed by atoms with E-state index in [1.807, 2.05) is 6.07 Å². The highest BCUT2D eigenvalue weighted by Gasteiger charge is 2.21. The van der Waals surface area contributed by atoms with E-state index in [2.05, 4.69) is 32.0 Å². The molecule has 1 aliphatic heterocycles. The van der Waals surface area contributed by atoms with Crippen LogP contribution in [0.1, 0.15) is 18.9 Å². The molecular weight excluding hydrogens is 358 g/mol. The van der Waals surface area contributed by atoms with Gasteiger partial charge in [-0.3, -0.25) is 10.1 Å². The Morgan fingerprint density at radius 1 is 1.18 bits per heavy atom. The predicted molar refractivity (Wildman–Crippen MR) is 108 cm³/mol. The number of aromatic nitrogens is 2. The SMILES string of the molecule is CCCNC(=NCc1ccc([N+](=O)[O-])cc1)N1CCN(c2ncccn2)CC1. The van der Waals surface area contributed by atoms with Crippen LogP contribution in [-0.4, -0.2) is 58.5 Å². The first kappa shape index (κ1) is 19.5. The van der Waals surface area contributed by atoms with E-state index in [0.717, 1.165) is 56.6 Å². The largest absolute Gasteiger partial charge is 0.356 e. The van der Waals surface area contributed by atoms with Crippen molar-refractivity contribution in [2.75, 3.05) is 37.6 Å². The number of benzene rings is 1. The van der Waals surface area contributed by atoms with Crippen LogP contribution >= 0.6 is 0 Å². The fraction of sp³-hybridized carbons (Fsp3) is 0.421. The lowest BCUT2D eigenvalue weighted by atomic mass is 10.2. The van der Waals surface area contributed by atoms with Crippen LogP contribution in [0.5, 0.6) is 0 Å². The number of rotatable bonds is 6. The quantitative estimate of drug-likeness (QED) is 0.353. The van der Waals surface area contributed by atoms with Gasteiger partial charge in [0.15, 0.2) is 5.96 Å². The molecule has 0 radical (unpaired) electrons. The maximum absolute atomic E-state index is 10.8. The fourth-order valence-corrected chi connectivity index (χ4v) is 2.97. The van der Waals surface area contributed by atoms with Crippen LogP contribution < -0.4 is 10.2 Å². The Labute approximate surface area is 164 Å². The van der Waals surface area contributed by atoms with Crippen LogP contribution in [0.4, 0.5) is 11.6 Å². The van der Waals surface area contributed by atoms with Crippen LogP contribution in [0.2, 0.25) is 0 Å². The number of guanidine groups is 1. The highest BCUT2D eigenvalue weighted by Crippen LogP contribution is 2.13. The minimum Gasteiger partial charge on any atom is -0.356 e. The summed E-state index contributed by atoms with van der Waals surface area (Å²) in [5, 5.41) is 14.2. The average molecular weight is 383 g/mol. The molecule has 148 valence electrons. The summed E-state index contributed by atoms with van der Waals surface area (Å²) < 4.78 is 0. The number of nitrogens with one attached hydrogen (secondary N) is 1. The molecule has 2 heterocycles.